The molecule has 8 heteroatoms. The molecule has 1 aromatic carbocycles. The van der Waals surface area contributed by atoms with Crippen LogP contribution in [0.3, 0.4) is 0 Å². The Morgan fingerprint density at radius 3 is 2.58 bits per heavy atom. The summed E-state index contributed by atoms with van der Waals surface area (Å²) in [5, 5.41) is 0.351. The fourth-order valence-corrected chi connectivity index (χ4v) is 4.96. The fourth-order valence-electron chi connectivity index (χ4n) is 2.90. The highest BCUT2D eigenvalue weighted by molar-refractivity contribution is 7.89. The SMILES string of the molecule is CCC(=O)N1CCCN(S(=O)(=O)c2cc(Cl)cc(C)c2OC)CC1. The van der Waals surface area contributed by atoms with Gasteiger partial charge in [-0.2, -0.15) is 4.31 Å². The minimum Gasteiger partial charge on any atom is -0.495 e. The van der Waals surface area contributed by atoms with Crippen LogP contribution in [0.4, 0.5) is 0 Å². The normalized spacial score (nSPS) is 16.8. The van der Waals surface area contributed by atoms with Crippen LogP contribution in [0.5, 0.6) is 5.75 Å². The summed E-state index contributed by atoms with van der Waals surface area (Å²) in [6.07, 6.45) is 1.03. The highest BCUT2D eigenvalue weighted by atomic mass is 35.5. The van der Waals surface area contributed by atoms with Crippen molar-refractivity contribution >= 4 is 27.5 Å². The molecule has 0 radical (unpaired) electrons. The predicted molar refractivity (Wildman–Crippen MR) is 93.0 cm³/mol. The van der Waals surface area contributed by atoms with E-state index in [1.54, 1.807) is 24.8 Å². The van der Waals surface area contributed by atoms with Gasteiger partial charge in [-0.05, 0) is 31.0 Å². The Kier molecular flexibility index (Phi) is 6.11. The van der Waals surface area contributed by atoms with E-state index < -0.39 is 10.0 Å². The molecule has 1 aliphatic heterocycles. The molecule has 1 aromatic rings. The number of amides is 1. The van der Waals surface area contributed by atoms with Gasteiger partial charge in [-0.3, -0.25) is 4.79 Å². The van der Waals surface area contributed by atoms with Gasteiger partial charge in [0, 0.05) is 37.6 Å². The van der Waals surface area contributed by atoms with E-state index >= 15 is 0 Å². The van der Waals surface area contributed by atoms with Gasteiger partial charge in [-0.1, -0.05) is 18.5 Å². The van der Waals surface area contributed by atoms with Crippen LogP contribution >= 0.6 is 11.6 Å². The van der Waals surface area contributed by atoms with Gasteiger partial charge in [0.15, 0.2) is 0 Å². The molecule has 0 atom stereocenters. The Morgan fingerprint density at radius 2 is 1.96 bits per heavy atom. The molecule has 6 nitrogen and oxygen atoms in total. The first-order valence-corrected chi connectivity index (χ1v) is 9.75. The second kappa shape index (κ2) is 7.72. The molecule has 1 heterocycles. The predicted octanol–water partition coefficient (Wildman–Crippen LogP) is 2.29. The minimum absolute atomic E-state index is 0.0467. The highest BCUT2D eigenvalue weighted by Crippen LogP contribution is 2.33. The van der Waals surface area contributed by atoms with Crippen molar-refractivity contribution in [3.8, 4) is 5.75 Å². The number of sulfonamides is 1. The van der Waals surface area contributed by atoms with Gasteiger partial charge in [0.05, 0.1) is 7.11 Å². The van der Waals surface area contributed by atoms with Crippen LogP contribution in [0.15, 0.2) is 17.0 Å². The fraction of sp³-hybridized carbons (Fsp3) is 0.562. The maximum atomic E-state index is 13.1. The zero-order chi connectivity index (χ0) is 17.9. The van der Waals surface area contributed by atoms with Gasteiger partial charge in [0.1, 0.15) is 10.6 Å². The number of methoxy groups -OCH3 is 1. The summed E-state index contributed by atoms with van der Waals surface area (Å²) in [4.78, 5) is 13.6. The molecule has 0 aromatic heterocycles. The average molecular weight is 375 g/mol. The number of benzene rings is 1. The maximum Gasteiger partial charge on any atom is 0.246 e. The van der Waals surface area contributed by atoms with E-state index in [-0.39, 0.29) is 17.3 Å². The Labute approximate surface area is 148 Å². The van der Waals surface area contributed by atoms with E-state index in [4.69, 9.17) is 16.3 Å². The lowest BCUT2D eigenvalue weighted by atomic mass is 10.2. The number of hydrogen-bond donors (Lipinski definition) is 0. The minimum atomic E-state index is -3.74. The smallest absolute Gasteiger partial charge is 0.246 e. The van der Waals surface area contributed by atoms with Crippen LogP contribution in [-0.4, -0.2) is 56.8 Å². The molecule has 0 unspecified atom stereocenters. The quantitative estimate of drug-likeness (QED) is 0.811. The molecule has 1 aliphatic rings. The number of halogens is 1. The maximum absolute atomic E-state index is 13.1. The van der Waals surface area contributed by atoms with Gasteiger partial charge >= 0.3 is 0 Å². The Bertz CT molecular complexity index is 721. The molecule has 0 bridgehead atoms. The molecule has 1 amide bonds. The molecule has 0 aliphatic carbocycles. The Morgan fingerprint density at radius 1 is 1.25 bits per heavy atom. The van der Waals surface area contributed by atoms with E-state index in [1.807, 2.05) is 0 Å². The molecule has 1 fully saturated rings. The van der Waals surface area contributed by atoms with Gasteiger partial charge in [-0.25, -0.2) is 8.42 Å². The summed E-state index contributed by atoms with van der Waals surface area (Å²) < 4.78 is 32.8. The molecule has 2 rings (SSSR count). The molecular formula is C16H23ClN2O4S. The topological polar surface area (TPSA) is 66.9 Å². The summed E-state index contributed by atoms with van der Waals surface area (Å²) in [6, 6.07) is 3.09. The van der Waals surface area contributed by atoms with E-state index in [0.717, 1.165) is 0 Å². The van der Waals surface area contributed by atoms with E-state index in [1.165, 1.54) is 17.5 Å². The van der Waals surface area contributed by atoms with Crippen molar-refractivity contribution in [3.05, 3.63) is 22.7 Å². The lowest BCUT2D eigenvalue weighted by Crippen LogP contribution is -2.37. The summed E-state index contributed by atoms with van der Waals surface area (Å²) in [5.74, 6) is 0.357. The van der Waals surface area contributed by atoms with Crippen LogP contribution < -0.4 is 4.74 Å². The van der Waals surface area contributed by atoms with Crippen LogP contribution in [0.25, 0.3) is 0 Å². The van der Waals surface area contributed by atoms with Crippen LogP contribution in [-0.2, 0) is 14.8 Å². The highest BCUT2D eigenvalue weighted by Gasteiger charge is 2.31. The van der Waals surface area contributed by atoms with Crippen LogP contribution in [0, 0.1) is 6.92 Å². The first-order chi connectivity index (χ1) is 11.3. The molecule has 24 heavy (non-hydrogen) atoms. The van der Waals surface area contributed by atoms with Crippen LogP contribution in [0.1, 0.15) is 25.3 Å². The van der Waals surface area contributed by atoms with Crippen molar-refractivity contribution in [2.45, 2.75) is 31.6 Å². The van der Waals surface area contributed by atoms with Crippen LogP contribution in [0.2, 0.25) is 5.02 Å². The number of nitrogens with zero attached hydrogens (tertiary/aromatic N) is 2. The van der Waals surface area contributed by atoms with Gasteiger partial charge in [0.25, 0.3) is 0 Å². The third-order valence-electron chi connectivity index (χ3n) is 4.14. The van der Waals surface area contributed by atoms with Gasteiger partial charge in [0.2, 0.25) is 15.9 Å². The number of ether oxygens (including phenoxy) is 1. The first-order valence-electron chi connectivity index (χ1n) is 7.93. The van der Waals surface area contributed by atoms with E-state index in [9.17, 15) is 13.2 Å². The number of hydrogen-bond acceptors (Lipinski definition) is 4. The second-order valence-electron chi connectivity index (χ2n) is 5.75. The lowest BCUT2D eigenvalue weighted by Gasteiger charge is -2.23. The number of aryl methyl sites for hydroxylation is 1. The lowest BCUT2D eigenvalue weighted by molar-refractivity contribution is -0.130. The van der Waals surface area contributed by atoms with E-state index in [0.29, 0.717) is 48.8 Å². The monoisotopic (exact) mass is 374 g/mol. The van der Waals surface area contributed by atoms with Crippen molar-refractivity contribution in [2.24, 2.45) is 0 Å². The first kappa shape index (κ1) is 19.0. The largest absolute Gasteiger partial charge is 0.495 e. The Balaban J connectivity index is 2.33. The third kappa shape index (κ3) is 3.84. The molecular weight excluding hydrogens is 352 g/mol. The van der Waals surface area contributed by atoms with Crippen molar-refractivity contribution in [3.63, 3.8) is 0 Å². The average Bonchev–Trinajstić information content (AvgIpc) is 2.80. The van der Waals surface area contributed by atoms with Crippen molar-refractivity contribution in [1.82, 2.24) is 9.21 Å². The summed E-state index contributed by atoms with van der Waals surface area (Å²) in [7, 11) is -2.30. The van der Waals surface area contributed by atoms with Crippen molar-refractivity contribution < 1.29 is 17.9 Å². The zero-order valence-corrected chi connectivity index (χ0v) is 15.8. The third-order valence-corrected chi connectivity index (χ3v) is 6.26. The molecule has 134 valence electrons. The Hall–Kier alpha value is -1.31. The molecule has 1 saturated heterocycles. The van der Waals surface area contributed by atoms with Crippen molar-refractivity contribution in [2.75, 3.05) is 33.3 Å². The molecule has 0 N–H and O–H groups in total. The summed E-state index contributed by atoms with van der Waals surface area (Å²) in [5.41, 5.74) is 0.668. The zero-order valence-electron chi connectivity index (χ0n) is 14.2. The van der Waals surface area contributed by atoms with Crippen molar-refractivity contribution in [1.29, 1.82) is 0 Å². The number of carbonyl (C=O) groups excluding carboxylic acids is 1. The molecule has 0 spiro atoms. The standard InChI is InChI=1S/C16H23ClN2O4S/c1-4-15(20)18-6-5-7-19(9-8-18)24(21,22)14-11-13(17)10-12(2)16(14)23-3/h10-11H,4-9H2,1-3H3. The summed E-state index contributed by atoms with van der Waals surface area (Å²) in [6.45, 7) is 5.17. The number of carbonyl (C=O) groups is 1. The molecule has 0 saturated carbocycles. The summed E-state index contributed by atoms with van der Waals surface area (Å²) >= 11 is 6.05. The van der Waals surface area contributed by atoms with Gasteiger partial charge < -0.3 is 9.64 Å². The van der Waals surface area contributed by atoms with E-state index in [2.05, 4.69) is 0 Å². The van der Waals surface area contributed by atoms with Gasteiger partial charge in [-0.15, -0.1) is 0 Å². The second-order valence-corrected chi connectivity index (χ2v) is 8.09. The number of rotatable bonds is 4.